The van der Waals surface area contributed by atoms with E-state index in [1.807, 2.05) is 30.6 Å². The lowest BCUT2D eigenvalue weighted by Gasteiger charge is -2.14. The van der Waals surface area contributed by atoms with Gasteiger partial charge in [-0.25, -0.2) is 14.8 Å². The summed E-state index contributed by atoms with van der Waals surface area (Å²) in [5.74, 6) is -1.31. The molecular weight excluding hydrogens is 501 g/mol. The maximum Gasteiger partial charge on any atom is 0.490 e. The molecule has 1 amide bonds. The molecule has 3 aromatic heterocycles. The van der Waals surface area contributed by atoms with Crippen molar-refractivity contribution in [2.24, 2.45) is 5.92 Å². The smallest absolute Gasteiger partial charge is 0.475 e. The topological polar surface area (TPSA) is 113 Å². The molecule has 12 heteroatoms. The Morgan fingerprint density at radius 1 is 1.05 bits per heavy atom. The molecule has 1 saturated heterocycles. The third kappa shape index (κ3) is 7.53. The molecule has 3 aromatic rings. The van der Waals surface area contributed by atoms with E-state index in [1.54, 1.807) is 12.4 Å². The van der Waals surface area contributed by atoms with Gasteiger partial charge in [-0.15, -0.1) is 0 Å². The van der Waals surface area contributed by atoms with Crippen LogP contribution in [0.3, 0.4) is 0 Å². The lowest BCUT2D eigenvalue weighted by molar-refractivity contribution is -0.192. The van der Waals surface area contributed by atoms with Gasteiger partial charge in [-0.05, 0) is 61.8 Å². The standard InChI is InChI=1S/C24H28N6O.C2HF3O2/c31-23(26-10-7-18-5-8-25-9-6-18)22-13-20(17-30(22)16-19-3-4-19)21-14-27-24(28-15-21)29-11-1-2-12-29;3-2(4,5)1(6)7/h5-6,8-9,13-15,17,19H,1-4,7,10-12,16H2,(H,26,31);(H,6,7). The summed E-state index contributed by atoms with van der Waals surface area (Å²) in [6.07, 6.45) is 9.98. The zero-order chi connectivity index (χ0) is 27.1. The van der Waals surface area contributed by atoms with Gasteiger partial charge in [0.1, 0.15) is 5.69 Å². The first-order chi connectivity index (χ1) is 18.2. The van der Waals surface area contributed by atoms with Crippen LogP contribution >= 0.6 is 0 Å². The molecule has 2 fully saturated rings. The number of aromatic nitrogens is 4. The van der Waals surface area contributed by atoms with Crippen LogP contribution in [0.1, 0.15) is 41.7 Å². The van der Waals surface area contributed by atoms with Crippen molar-refractivity contribution in [1.29, 1.82) is 0 Å². The first-order valence-electron chi connectivity index (χ1n) is 12.5. The molecule has 9 nitrogen and oxygen atoms in total. The first-order valence-corrected chi connectivity index (χ1v) is 12.5. The number of carboxylic acid groups (broad SMARTS) is 1. The molecule has 0 radical (unpaired) electrons. The van der Waals surface area contributed by atoms with Gasteiger partial charge in [0, 0.05) is 68.3 Å². The summed E-state index contributed by atoms with van der Waals surface area (Å²) in [5, 5.41) is 10.2. The highest BCUT2D eigenvalue weighted by atomic mass is 19.4. The zero-order valence-corrected chi connectivity index (χ0v) is 20.7. The number of pyridine rings is 1. The lowest BCUT2D eigenvalue weighted by Crippen LogP contribution is -2.28. The number of carboxylic acids is 1. The number of nitrogens with zero attached hydrogens (tertiary/aromatic N) is 5. The van der Waals surface area contributed by atoms with Crippen molar-refractivity contribution >= 4 is 17.8 Å². The molecule has 2 N–H and O–H groups in total. The lowest BCUT2D eigenvalue weighted by atomic mass is 10.2. The van der Waals surface area contributed by atoms with E-state index in [9.17, 15) is 18.0 Å². The number of hydrogen-bond acceptors (Lipinski definition) is 6. The molecule has 4 heterocycles. The molecule has 1 aliphatic heterocycles. The van der Waals surface area contributed by atoms with Crippen molar-refractivity contribution < 1.29 is 27.9 Å². The Bertz CT molecular complexity index is 1220. The summed E-state index contributed by atoms with van der Waals surface area (Å²) >= 11 is 0. The van der Waals surface area contributed by atoms with Crippen molar-refractivity contribution in [2.75, 3.05) is 24.5 Å². The van der Waals surface area contributed by atoms with E-state index in [4.69, 9.17) is 9.90 Å². The van der Waals surface area contributed by atoms with Crippen LogP contribution < -0.4 is 10.2 Å². The molecule has 202 valence electrons. The zero-order valence-electron chi connectivity index (χ0n) is 20.7. The van der Waals surface area contributed by atoms with Crippen LogP contribution in [-0.2, 0) is 17.8 Å². The fourth-order valence-corrected chi connectivity index (χ4v) is 4.10. The molecule has 0 unspecified atom stereocenters. The summed E-state index contributed by atoms with van der Waals surface area (Å²) in [5.41, 5.74) is 3.82. The van der Waals surface area contributed by atoms with Crippen LogP contribution in [0, 0.1) is 5.92 Å². The van der Waals surface area contributed by atoms with E-state index in [1.165, 1.54) is 31.2 Å². The van der Waals surface area contributed by atoms with Crippen molar-refractivity contribution in [3.63, 3.8) is 0 Å². The minimum atomic E-state index is -5.08. The Balaban J connectivity index is 0.000000426. The van der Waals surface area contributed by atoms with Gasteiger partial charge in [0.25, 0.3) is 5.91 Å². The molecule has 1 aliphatic carbocycles. The Morgan fingerprint density at radius 2 is 1.68 bits per heavy atom. The molecule has 5 rings (SSSR count). The molecule has 0 aromatic carbocycles. The van der Waals surface area contributed by atoms with E-state index in [-0.39, 0.29) is 5.91 Å². The van der Waals surface area contributed by atoms with Gasteiger partial charge in [0.15, 0.2) is 0 Å². The van der Waals surface area contributed by atoms with Crippen molar-refractivity contribution in [3.05, 3.63) is 60.4 Å². The minimum Gasteiger partial charge on any atom is -0.475 e. The summed E-state index contributed by atoms with van der Waals surface area (Å²) in [4.78, 5) is 37.3. The molecule has 1 saturated carbocycles. The number of rotatable bonds is 8. The average molecular weight is 531 g/mol. The predicted molar refractivity (Wildman–Crippen MR) is 134 cm³/mol. The van der Waals surface area contributed by atoms with E-state index >= 15 is 0 Å². The second-order valence-corrected chi connectivity index (χ2v) is 9.34. The second kappa shape index (κ2) is 12.1. The monoisotopic (exact) mass is 530 g/mol. The van der Waals surface area contributed by atoms with Gasteiger partial charge in [0.2, 0.25) is 5.95 Å². The Morgan fingerprint density at radius 3 is 2.26 bits per heavy atom. The van der Waals surface area contributed by atoms with E-state index < -0.39 is 12.1 Å². The van der Waals surface area contributed by atoms with Crippen LogP contribution in [0.5, 0.6) is 0 Å². The van der Waals surface area contributed by atoms with E-state index in [0.29, 0.717) is 18.2 Å². The van der Waals surface area contributed by atoms with E-state index in [2.05, 4.69) is 35.9 Å². The van der Waals surface area contributed by atoms with Crippen LogP contribution in [0.2, 0.25) is 0 Å². The summed E-state index contributed by atoms with van der Waals surface area (Å²) in [7, 11) is 0. The maximum atomic E-state index is 12.9. The SMILES string of the molecule is O=C(NCCc1ccncc1)c1cc(-c2cnc(N3CCCC3)nc2)cn1CC1CC1.O=C(O)C(F)(F)F. The highest BCUT2D eigenvalue weighted by Gasteiger charge is 2.38. The number of carbonyl (C=O) groups excluding carboxylic acids is 1. The quantitative estimate of drug-likeness (QED) is 0.453. The minimum absolute atomic E-state index is 0.0319. The molecule has 38 heavy (non-hydrogen) atoms. The summed E-state index contributed by atoms with van der Waals surface area (Å²) < 4.78 is 33.8. The van der Waals surface area contributed by atoms with Crippen molar-refractivity contribution in [2.45, 2.75) is 44.8 Å². The largest absolute Gasteiger partial charge is 0.490 e. The number of hydrogen-bond donors (Lipinski definition) is 2. The summed E-state index contributed by atoms with van der Waals surface area (Å²) in [6.45, 7) is 3.54. The predicted octanol–water partition coefficient (Wildman–Crippen LogP) is 3.96. The number of alkyl halides is 3. The first kappa shape index (κ1) is 27.1. The molecule has 0 bridgehead atoms. The normalized spacial score (nSPS) is 15.1. The van der Waals surface area contributed by atoms with Gasteiger partial charge in [-0.2, -0.15) is 13.2 Å². The summed E-state index contributed by atoms with van der Waals surface area (Å²) in [6, 6.07) is 5.93. The highest BCUT2D eigenvalue weighted by Crippen LogP contribution is 2.32. The third-order valence-electron chi connectivity index (χ3n) is 6.33. The second-order valence-electron chi connectivity index (χ2n) is 9.34. The number of carbonyl (C=O) groups is 2. The number of amides is 1. The average Bonchev–Trinajstić information content (AvgIpc) is 3.36. The fraction of sp³-hybridized carbons (Fsp3) is 0.423. The van der Waals surface area contributed by atoms with Crippen LogP contribution in [0.4, 0.5) is 19.1 Å². The number of aliphatic carboxylic acids is 1. The van der Waals surface area contributed by atoms with Crippen LogP contribution in [0.25, 0.3) is 11.1 Å². The number of halogens is 3. The maximum absolute atomic E-state index is 12.9. The number of nitrogens with one attached hydrogen (secondary N) is 1. The molecule has 0 spiro atoms. The van der Waals surface area contributed by atoms with Gasteiger partial charge in [0.05, 0.1) is 0 Å². The van der Waals surface area contributed by atoms with Gasteiger partial charge in [-0.3, -0.25) is 9.78 Å². The van der Waals surface area contributed by atoms with Crippen molar-refractivity contribution in [3.8, 4) is 11.1 Å². The van der Waals surface area contributed by atoms with Gasteiger partial charge in [-0.1, -0.05) is 0 Å². The Labute approximate surface area is 217 Å². The van der Waals surface area contributed by atoms with E-state index in [0.717, 1.165) is 43.1 Å². The third-order valence-corrected chi connectivity index (χ3v) is 6.33. The molecule has 0 atom stereocenters. The highest BCUT2D eigenvalue weighted by molar-refractivity contribution is 5.94. The van der Waals surface area contributed by atoms with Crippen molar-refractivity contribution in [1.82, 2.24) is 24.8 Å². The van der Waals surface area contributed by atoms with Gasteiger partial charge < -0.3 is 19.9 Å². The Hall–Kier alpha value is -3.96. The fourth-order valence-electron chi connectivity index (χ4n) is 4.10. The van der Waals surface area contributed by atoms with Gasteiger partial charge >= 0.3 is 12.1 Å². The number of anilines is 1. The Kier molecular flexibility index (Phi) is 8.59. The molecule has 2 aliphatic rings. The molecular formula is C26H29F3N6O3. The van der Waals surface area contributed by atoms with Crippen LogP contribution in [0.15, 0.2) is 49.2 Å². The van der Waals surface area contributed by atoms with Crippen LogP contribution in [-0.4, -0.2) is 62.3 Å².